The normalized spacial score (nSPS) is 13.9. The number of H-pyrrole nitrogens is 1. The van der Waals surface area contributed by atoms with Crippen molar-refractivity contribution < 1.29 is 39.3 Å². The Hall–Kier alpha value is -4.75. The number of fused-ring (bicyclic) bond motifs is 1. The number of aromatic nitrogens is 1. The number of carbonyl (C=O) groups excluding carboxylic acids is 3. The minimum Gasteiger partial charge on any atom is -0.481 e. The highest BCUT2D eigenvalue weighted by Crippen LogP contribution is 2.19. The first-order valence-corrected chi connectivity index (χ1v) is 12.9. The van der Waals surface area contributed by atoms with Gasteiger partial charge in [-0.1, -0.05) is 48.5 Å². The molecule has 13 heteroatoms. The molecule has 3 rings (SSSR count). The predicted octanol–water partition coefficient (Wildman–Crippen LogP) is -0.323. The molecular formula is C28H33N5O8. The molecule has 0 aliphatic rings. The second kappa shape index (κ2) is 14.6. The lowest BCUT2D eigenvalue weighted by Gasteiger charge is -2.25. The van der Waals surface area contributed by atoms with Crippen molar-refractivity contribution in [2.24, 2.45) is 5.73 Å². The van der Waals surface area contributed by atoms with Crippen LogP contribution in [0, 0.1) is 0 Å². The number of aliphatic hydroxyl groups excluding tert-OH is 1. The van der Waals surface area contributed by atoms with E-state index in [-0.39, 0.29) is 19.3 Å². The number of carboxylic acids is 2. The number of aliphatic carboxylic acids is 2. The van der Waals surface area contributed by atoms with Gasteiger partial charge in [-0.15, -0.1) is 0 Å². The van der Waals surface area contributed by atoms with Gasteiger partial charge >= 0.3 is 11.9 Å². The fraction of sp³-hybridized carbons (Fsp3) is 0.321. The number of aliphatic hydroxyl groups is 1. The Morgan fingerprint density at radius 1 is 0.780 bits per heavy atom. The number of hydrogen-bond donors (Lipinski definition) is 8. The van der Waals surface area contributed by atoms with Gasteiger partial charge in [0.1, 0.15) is 18.1 Å². The number of nitrogens with one attached hydrogen (secondary N) is 4. The summed E-state index contributed by atoms with van der Waals surface area (Å²) in [7, 11) is 0. The SMILES string of the molecule is NC(Cc1ccccc1)C(=O)NC(CCC(=O)O)C(=O)NC(Cc1c[nH]c2ccccc12)C(=O)NC(CO)C(=O)O. The molecule has 41 heavy (non-hydrogen) atoms. The van der Waals surface area contributed by atoms with Gasteiger partial charge in [-0.05, 0) is 30.0 Å². The van der Waals surface area contributed by atoms with E-state index in [0.717, 1.165) is 16.5 Å². The van der Waals surface area contributed by atoms with Gasteiger partial charge < -0.3 is 42.0 Å². The molecule has 0 bridgehead atoms. The minimum absolute atomic E-state index is 0.0769. The van der Waals surface area contributed by atoms with E-state index in [1.54, 1.807) is 42.6 Å². The van der Waals surface area contributed by atoms with Gasteiger partial charge in [0.2, 0.25) is 17.7 Å². The average Bonchev–Trinajstić information content (AvgIpc) is 3.36. The third-order valence-corrected chi connectivity index (χ3v) is 6.44. The first-order valence-electron chi connectivity index (χ1n) is 12.9. The number of amides is 3. The fourth-order valence-corrected chi connectivity index (χ4v) is 4.24. The molecule has 2 aromatic carbocycles. The summed E-state index contributed by atoms with van der Waals surface area (Å²) in [6.07, 6.45) is 0.984. The van der Waals surface area contributed by atoms with Crippen LogP contribution in [0.4, 0.5) is 0 Å². The summed E-state index contributed by atoms with van der Waals surface area (Å²) < 4.78 is 0. The van der Waals surface area contributed by atoms with Gasteiger partial charge in [0, 0.05) is 29.9 Å². The van der Waals surface area contributed by atoms with Gasteiger partial charge in [-0.25, -0.2) is 4.79 Å². The number of para-hydroxylation sites is 1. The van der Waals surface area contributed by atoms with Gasteiger partial charge in [0.25, 0.3) is 0 Å². The van der Waals surface area contributed by atoms with Crippen LogP contribution in [0.15, 0.2) is 60.8 Å². The molecule has 3 amide bonds. The zero-order valence-electron chi connectivity index (χ0n) is 22.1. The summed E-state index contributed by atoms with van der Waals surface area (Å²) in [5, 5.41) is 35.8. The second-order valence-corrected chi connectivity index (χ2v) is 9.50. The zero-order chi connectivity index (χ0) is 29.9. The Labute approximate surface area is 235 Å². The molecule has 0 saturated carbocycles. The molecule has 3 aromatic rings. The van der Waals surface area contributed by atoms with Crippen LogP contribution in [0.5, 0.6) is 0 Å². The van der Waals surface area contributed by atoms with Crippen molar-refractivity contribution in [3.63, 3.8) is 0 Å². The number of carboxylic acid groups (broad SMARTS) is 2. The predicted molar refractivity (Wildman–Crippen MR) is 148 cm³/mol. The van der Waals surface area contributed by atoms with Crippen LogP contribution in [0.3, 0.4) is 0 Å². The van der Waals surface area contributed by atoms with Gasteiger partial charge in [0.05, 0.1) is 12.6 Å². The van der Waals surface area contributed by atoms with E-state index in [9.17, 15) is 39.3 Å². The van der Waals surface area contributed by atoms with Crippen LogP contribution in [0.25, 0.3) is 10.9 Å². The molecule has 4 unspecified atom stereocenters. The maximum Gasteiger partial charge on any atom is 0.328 e. The monoisotopic (exact) mass is 567 g/mol. The van der Waals surface area contributed by atoms with Crippen molar-refractivity contribution in [1.29, 1.82) is 0 Å². The van der Waals surface area contributed by atoms with Crippen LogP contribution in [0.2, 0.25) is 0 Å². The largest absolute Gasteiger partial charge is 0.481 e. The van der Waals surface area contributed by atoms with Crippen molar-refractivity contribution in [2.75, 3.05) is 6.61 Å². The Kier molecular flexibility index (Phi) is 11.0. The maximum absolute atomic E-state index is 13.4. The van der Waals surface area contributed by atoms with Crippen molar-refractivity contribution in [2.45, 2.75) is 49.9 Å². The second-order valence-electron chi connectivity index (χ2n) is 9.50. The molecule has 0 saturated heterocycles. The van der Waals surface area contributed by atoms with Crippen molar-refractivity contribution in [1.82, 2.24) is 20.9 Å². The first-order chi connectivity index (χ1) is 19.6. The van der Waals surface area contributed by atoms with Crippen LogP contribution in [-0.4, -0.2) is 80.7 Å². The molecule has 13 nitrogen and oxygen atoms in total. The highest BCUT2D eigenvalue weighted by atomic mass is 16.4. The summed E-state index contributed by atoms with van der Waals surface area (Å²) in [5.74, 6) is -5.12. The van der Waals surface area contributed by atoms with E-state index >= 15 is 0 Å². The number of carbonyl (C=O) groups is 5. The summed E-state index contributed by atoms with van der Waals surface area (Å²) in [4.78, 5) is 65.0. The topological polar surface area (TPSA) is 224 Å². The number of hydrogen-bond acceptors (Lipinski definition) is 7. The lowest BCUT2D eigenvalue weighted by Crippen LogP contribution is -2.58. The lowest BCUT2D eigenvalue weighted by molar-refractivity contribution is -0.143. The van der Waals surface area contributed by atoms with Gasteiger partial charge in [0.15, 0.2) is 0 Å². The molecule has 0 radical (unpaired) electrons. The van der Waals surface area contributed by atoms with Crippen LogP contribution >= 0.6 is 0 Å². The van der Waals surface area contributed by atoms with E-state index < -0.39 is 66.9 Å². The lowest BCUT2D eigenvalue weighted by atomic mass is 10.0. The van der Waals surface area contributed by atoms with Crippen molar-refractivity contribution >= 4 is 40.6 Å². The van der Waals surface area contributed by atoms with Crippen molar-refractivity contribution in [3.8, 4) is 0 Å². The van der Waals surface area contributed by atoms with E-state index in [4.69, 9.17) is 5.73 Å². The Bertz CT molecular complexity index is 1380. The Balaban J connectivity index is 1.81. The van der Waals surface area contributed by atoms with E-state index in [2.05, 4.69) is 20.9 Å². The Morgan fingerprint density at radius 2 is 1.39 bits per heavy atom. The summed E-state index contributed by atoms with van der Waals surface area (Å²) in [6, 6.07) is 10.8. The smallest absolute Gasteiger partial charge is 0.328 e. The number of nitrogens with two attached hydrogens (primary N) is 1. The summed E-state index contributed by atoms with van der Waals surface area (Å²) in [5.41, 5.74) is 8.23. The first kappa shape index (κ1) is 30.8. The summed E-state index contributed by atoms with van der Waals surface area (Å²) >= 11 is 0. The molecule has 0 fully saturated rings. The molecule has 4 atom stereocenters. The molecule has 1 heterocycles. The zero-order valence-corrected chi connectivity index (χ0v) is 22.1. The van der Waals surface area contributed by atoms with Crippen LogP contribution in [0.1, 0.15) is 24.0 Å². The third kappa shape index (κ3) is 8.88. The standard InChI is InChI=1S/C28H33N5O8/c29-19(12-16-6-2-1-3-7-16)25(37)31-21(10-11-24(35)36)26(38)32-22(27(39)33-23(15-34)28(40)41)13-17-14-30-20-9-5-4-8-18(17)20/h1-9,14,19,21-23,30,34H,10-13,15,29H2,(H,31,37)(H,32,38)(H,33,39)(H,35,36)(H,40,41). The third-order valence-electron chi connectivity index (χ3n) is 6.44. The van der Waals surface area contributed by atoms with E-state index in [1.807, 2.05) is 18.2 Å². The number of benzene rings is 2. The summed E-state index contributed by atoms with van der Waals surface area (Å²) in [6.45, 7) is -0.884. The Morgan fingerprint density at radius 3 is 2.05 bits per heavy atom. The molecular weight excluding hydrogens is 534 g/mol. The molecule has 218 valence electrons. The van der Waals surface area contributed by atoms with Crippen LogP contribution < -0.4 is 21.7 Å². The van der Waals surface area contributed by atoms with Crippen molar-refractivity contribution in [3.05, 3.63) is 71.9 Å². The molecule has 0 aliphatic carbocycles. The highest BCUT2D eigenvalue weighted by molar-refractivity contribution is 5.95. The average molecular weight is 568 g/mol. The molecule has 0 spiro atoms. The van der Waals surface area contributed by atoms with Gasteiger partial charge in [-0.3, -0.25) is 19.2 Å². The molecule has 9 N–H and O–H groups in total. The quantitative estimate of drug-likeness (QED) is 0.120. The van der Waals surface area contributed by atoms with Crippen LogP contribution in [-0.2, 0) is 36.8 Å². The minimum atomic E-state index is -1.62. The molecule has 1 aromatic heterocycles. The molecule has 0 aliphatic heterocycles. The number of rotatable bonds is 15. The highest BCUT2D eigenvalue weighted by Gasteiger charge is 2.31. The van der Waals surface area contributed by atoms with Gasteiger partial charge in [-0.2, -0.15) is 0 Å². The number of aromatic amines is 1. The van der Waals surface area contributed by atoms with E-state index in [0.29, 0.717) is 5.56 Å². The van der Waals surface area contributed by atoms with E-state index in [1.165, 1.54) is 0 Å². The fourth-order valence-electron chi connectivity index (χ4n) is 4.24. The maximum atomic E-state index is 13.4.